The van der Waals surface area contributed by atoms with E-state index in [1.165, 1.54) is 0 Å². The molecule has 0 saturated carbocycles. The lowest BCUT2D eigenvalue weighted by Gasteiger charge is -2.34. The van der Waals surface area contributed by atoms with Crippen molar-refractivity contribution in [1.29, 1.82) is 0 Å². The van der Waals surface area contributed by atoms with Gasteiger partial charge in [-0.3, -0.25) is 9.59 Å². The van der Waals surface area contributed by atoms with E-state index in [0.717, 1.165) is 22.2 Å². The summed E-state index contributed by atoms with van der Waals surface area (Å²) in [6.07, 6.45) is -0.791. The highest BCUT2D eigenvalue weighted by atomic mass is 16.5. The Labute approximate surface area is 185 Å². The predicted octanol–water partition coefficient (Wildman–Crippen LogP) is 4.06. The number of aromatic nitrogens is 1. The Hall–Kier alpha value is -4.19. The molecule has 0 radical (unpaired) electrons. The van der Waals surface area contributed by atoms with Crippen molar-refractivity contribution in [3.8, 4) is 17.0 Å². The molecular weight excluding hydrogens is 402 g/mol. The van der Waals surface area contributed by atoms with Gasteiger partial charge in [0.15, 0.2) is 6.10 Å². The van der Waals surface area contributed by atoms with E-state index in [-0.39, 0.29) is 18.4 Å². The van der Waals surface area contributed by atoms with E-state index in [2.05, 4.69) is 5.32 Å². The first-order valence-corrected chi connectivity index (χ1v) is 10.4. The first-order chi connectivity index (χ1) is 15.7. The maximum atomic E-state index is 13.9. The number of anilines is 1. The normalized spacial score (nSPS) is 15.0. The van der Waals surface area contributed by atoms with Crippen LogP contribution in [-0.2, 0) is 4.79 Å². The van der Waals surface area contributed by atoms with E-state index in [9.17, 15) is 9.59 Å². The second kappa shape index (κ2) is 8.15. The number of pyridine rings is 1. The summed E-state index contributed by atoms with van der Waals surface area (Å²) in [5.74, 6) is 0.0228. The standard InChI is InChI=1S/C26H21N3O3/c1-27-25(30)24-16-29(22-13-7-8-14-23(22)32-24)26(31)19-15-21(17-9-3-2-4-10-17)28-20-12-6-5-11-18(19)20/h2-15,24H,16H2,1H3,(H,27,30). The van der Waals surface area contributed by atoms with Crippen molar-refractivity contribution in [3.05, 3.63) is 90.5 Å². The highest BCUT2D eigenvalue weighted by Gasteiger charge is 2.34. The molecule has 1 aliphatic heterocycles. The molecule has 3 aromatic carbocycles. The fourth-order valence-corrected chi connectivity index (χ4v) is 3.98. The Morgan fingerprint density at radius 3 is 2.50 bits per heavy atom. The van der Waals surface area contributed by atoms with Crippen molar-refractivity contribution >= 4 is 28.4 Å². The molecule has 5 rings (SSSR count). The average Bonchev–Trinajstić information content (AvgIpc) is 2.87. The highest BCUT2D eigenvalue weighted by molar-refractivity contribution is 6.15. The molecule has 4 aromatic rings. The van der Waals surface area contributed by atoms with Crippen molar-refractivity contribution in [1.82, 2.24) is 10.3 Å². The summed E-state index contributed by atoms with van der Waals surface area (Å²) in [5, 5.41) is 3.37. The number of hydrogen-bond acceptors (Lipinski definition) is 4. The van der Waals surface area contributed by atoms with Gasteiger partial charge in [-0.2, -0.15) is 0 Å². The summed E-state index contributed by atoms with van der Waals surface area (Å²) in [4.78, 5) is 32.7. The molecule has 1 unspecified atom stereocenters. The van der Waals surface area contributed by atoms with E-state index >= 15 is 0 Å². The minimum atomic E-state index is -0.791. The molecule has 0 aliphatic carbocycles. The van der Waals surface area contributed by atoms with Gasteiger partial charge in [0.2, 0.25) is 0 Å². The maximum absolute atomic E-state index is 13.9. The summed E-state index contributed by atoms with van der Waals surface area (Å²) in [6.45, 7) is 0.118. The third-order valence-electron chi connectivity index (χ3n) is 5.57. The predicted molar refractivity (Wildman–Crippen MR) is 124 cm³/mol. The molecule has 1 N–H and O–H groups in total. The van der Waals surface area contributed by atoms with Gasteiger partial charge in [-0.05, 0) is 24.3 Å². The lowest BCUT2D eigenvalue weighted by Crippen LogP contribution is -2.50. The molecule has 6 heteroatoms. The fourth-order valence-electron chi connectivity index (χ4n) is 3.98. The Morgan fingerprint density at radius 1 is 0.969 bits per heavy atom. The van der Waals surface area contributed by atoms with Crippen LogP contribution in [0.2, 0.25) is 0 Å². The van der Waals surface area contributed by atoms with Crippen LogP contribution in [0.5, 0.6) is 5.75 Å². The van der Waals surface area contributed by atoms with E-state index in [0.29, 0.717) is 17.0 Å². The summed E-state index contributed by atoms with van der Waals surface area (Å²) < 4.78 is 5.86. The van der Waals surface area contributed by atoms with Crippen LogP contribution < -0.4 is 15.0 Å². The number of carbonyl (C=O) groups excluding carboxylic acids is 2. The number of likely N-dealkylation sites (N-methyl/N-ethyl adjacent to an activating group) is 1. The van der Waals surface area contributed by atoms with E-state index in [1.807, 2.05) is 78.9 Å². The van der Waals surface area contributed by atoms with Crippen LogP contribution in [0, 0.1) is 0 Å². The zero-order valence-electron chi connectivity index (χ0n) is 17.5. The first-order valence-electron chi connectivity index (χ1n) is 10.4. The molecule has 0 bridgehead atoms. The fraction of sp³-hybridized carbons (Fsp3) is 0.115. The number of para-hydroxylation sites is 3. The lowest BCUT2D eigenvalue weighted by molar-refractivity contribution is -0.127. The largest absolute Gasteiger partial charge is 0.477 e. The topological polar surface area (TPSA) is 71.5 Å². The number of fused-ring (bicyclic) bond motifs is 2. The Bertz CT molecular complexity index is 1320. The smallest absolute Gasteiger partial charge is 0.262 e. The van der Waals surface area contributed by atoms with Crippen molar-refractivity contribution in [3.63, 3.8) is 0 Å². The third kappa shape index (κ3) is 3.46. The van der Waals surface area contributed by atoms with Crippen molar-refractivity contribution in [2.45, 2.75) is 6.10 Å². The zero-order valence-corrected chi connectivity index (χ0v) is 17.5. The van der Waals surface area contributed by atoms with Crippen molar-refractivity contribution in [2.75, 3.05) is 18.5 Å². The average molecular weight is 423 g/mol. The molecule has 1 atom stereocenters. The van der Waals surface area contributed by atoms with Crippen LogP contribution >= 0.6 is 0 Å². The van der Waals surface area contributed by atoms with E-state index < -0.39 is 6.10 Å². The van der Waals surface area contributed by atoms with Gasteiger partial charge in [0.25, 0.3) is 11.8 Å². The van der Waals surface area contributed by atoms with Gasteiger partial charge in [0.1, 0.15) is 5.75 Å². The van der Waals surface area contributed by atoms with Crippen LogP contribution in [0.4, 0.5) is 5.69 Å². The third-order valence-corrected chi connectivity index (χ3v) is 5.57. The number of hydrogen-bond donors (Lipinski definition) is 1. The second-order valence-electron chi connectivity index (χ2n) is 7.54. The van der Waals surface area contributed by atoms with Gasteiger partial charge in [-0.25, -0.2) is 4.98 Å². The monoisotopic (exact) mass is 423 g/mol. The van der Waals surface area contributed by atoms with Gasteiger partial charge < -0.3 is 15.0 Å². The Kier molecular flexibility index (Phi) is 5.03. The zero-order chi connectivity index (χ0) is 22.1. The van der Waals surface area contributed by atoms with Crippen LogP contribution in [-0.4, -0.2) is 36.5 Å². The minimum Gasteiger partial charge on any atom is -0.477 e. The number of benzene rings is 3. The molecule has 1 aliphatic rings. The lowest BCUT2D eigenvalue weighted by atomic mass is 10.0. The van der Waals surface area contributed by atoms with E-state index in [1.54, 1.807) is 18.0 Å². The minimum absolute atomic E-state index is 0.118. The number of rotatable bonds is 3. The van der Waals surface area contributed by atoms with Crippen LogP contribution in [0.15, 0.2) is 84.9 Å². The molecule has 1 aromatic heterocycles. The first kappa shape index (κ1) is 19.8. The molecule has 32 heavy (non-hydrogen) atoms. The molecular formula is C26H21N3O3. The maximum Gasteiger partial charge on any atom is 0.262 e. The molecule has 158 valence electrons. The number of amides is 2. The number of nitrogens with zero attached hydrogens (tertiary/aromatic N) is 2. The quantitative estimate of drug-likeness (QED) is 0.540. The molecule has 2 amide bonds. The second-order valence-corrected chi connectivity index (χ2v) is 7.54. The van der Waals surface area contributed by atoms with Gasteiger partial charge in [0.05, 0.1) is 29.0 Å². The Balaban J connectivity index is 1.65. The number of nitrogens with one attached hydrogen (secondary N) is 1. The van der Waals surface area contributed by atoms with Crippen LogP contribution in [0.3, 0.4) is 0 Å². The van der Waals surface area contributed by atoms with E-state index in [4.69, 9.17) is 9.72 Å². The molecule has 6 nitrogen and oxygen atoms in total. The molecule has 0 saturated heterocycles. The van der Waals surface area contributed by atoms with Gasteiger partial charge in [0, 0.05) is 18.0 Å². The van der Waals surface area contributed by atoms with Gasteiger partial charge in [-0.1, -0.05) is 60.7 Å². The summed E-state index contributed by atoms with van der Waals surface area (Å²) >= 11 is 0. The number of ether oxygens (including phenoxy) is 1. The Morgan fingerprint density at radius 2 is 1.69 bits per heavy atom. The van der Waals surface area contributed by atoms with Crippen LogP contribution in [0.25, 0.3) is 22.2 Å². The van der Waals surface area contributed by atoms with Crippen molar-refractivity contribution in [2.24, 2.45) is 0 Å². The summed E-state index contributed by atoms with van der Waals surface area (Å²) in [7, 11) is 1.56. The SMILES string of the molecule is CNC(=O)C1CN(C(=O)c2cc(-c3ccccc3)nc3ccccc23)c2ccccc2O1. The molecule has 0 spiro atoms. The van der Waals surface area contributed by atoms with Gasteiger partial charge >= 0.3 is 0 Å². The summed E-state index contributed by atoms with van der Waals surface area (Å²) in [6, 6.07) is 26.5. The van der Waals surface area contributed by atoms with Gasteiger partial charge in [-0.15, -0.1) is 0 Å². The van der Waals surface area contributed by atoms with Crippen molar-refractivity contribution < 1.29 is 14.3 Å². The summed E-state index contributed by atoms with van der Waals surface area (Å²) in [5.41, 5.74) is 3.55. The molecule has 2 heterocycles. The van der Waals surface area contributed by atoms with Crippen LogP contribution in [0.1, 0.15) is 10.4 Å². The number of carbonyl (C=O) groups is 2. The molecule has 0 fully saturated rings. The highest BCUT2D eigenvalue weighted by Crippen LogP contribution is 2.35.